The van der Waals surface area contributed by atoms with Crippen molar-refractivity contribution in [3.8, 4) is 0 Å². The maximum atomic E-state index is 11.9. The Bertz CT molecular complexity index is 256. The van der Waals surface area contributed by atoms with E-state index in [1.54, 1.807) is 0 Å². The zero-order valence-electron chi connectivity index (χ0n) is 9.21. The quantitative estimate of drug-likeness (QED) is 0.673. The van der Waals surface area contributed by atoms with Crippen LogP contribution in [0.5, 0.6) is 0 Å². The van der Waals surface area contributed by atoms with Crippen LogP contribution in [0.2, 0.25) is 0 Å². The summed E-state index contributed by atoms with van der Waals surface area (Å²) >= 11 is 1.95. The van der Waals surface area contributed by atoms with Gasteiger partial charge in [0, 0.05) is 31.0 Å². The molecule has 0 bridgehead atoms. The van der Waals surface area contributed by atoms with Crippen LogP contribution in [0.1, 0.15) is 32.1 Å². The van der Waals surface area contributed by atoms with Crippen molar-refractivity contribution in [2.75, 3.05) is 24.6 Å². The van der Waals surface area contributed by atoms with Crippen LogP contribution in [0.4, 0.5) is 0 Å². The minimum Gasteiger partial charge on any atom is -0.341 e. The van der Waals surface area contributed by atoms with Gasteiger partial charge in [-0.25, -0.2) is 0 Å². The second-order valence-electron chi connectivity index (χ2n) is 4.28. The Morgan fingerprint density at radius 2 is 2.13 bits per heavy atom. The number of carbonyl (C=O) groups excluding carboxylic acids is 1. The van der Waals surface area contributed by atoms with Gasteiger partial charge in [0.1, 0.15) is 0 Å². The fourth-order valence-corrected chi connectivity index (χ4v) is 3.09. The van der Waals surface area contributed by atoms with Crippen LogP contribution in [-0.4, -0.2) is 35.4 Å². The van der Waals surface area contributed by atoms with Gasteiger partial charge in [0.15, 0.2) is 0 Å². The van der Waals surface area contributed by atoms with Gasteiger partial charge in [-0.1, -0.05) is 11.6 Å². The van der Waals surface area contributed by atoms with Gasteiger partial charge in [-0.3, -0.25) is 4.79 Å². The first-order valence-corrected chi connectivity index (χ1v) is 7.05. The molecule has 1 aliphatic heterocycles. The third-order valence-electron chi connectivity index (χ3n) is 3.13. The molecule has 3 heteroatoms. The number of thioether (sulfide) groups is 1. The Labute approximate surface area is 96.1 Å². The SMILES string of the molecule is O=C(CC1=CCCCC1)N1CCSCC1. The normalized spacial score (nSPS) is 22.4. The molecule has 0 unspecified atom stereocenters. The van der Waals surface area contributed by atoms with E-state index in [9.17, 15) is 4.79 Å². The highest BCUT2D eigenvalue weighted by atomic mass is 32.2. The molecular weight excluding hydrogens is 206 g/mol. The van der Waals surface area contributed by atoms with E-state index in [2.05, 4.69) is 6.08 Å². The third kappa shape index (κ3) is 3.26. The Kier molecular flexibility index (Phi) is 4.12. The molecule has 15 heavy (non-hydrogen) atoms. The molecule has 1 fully saturated rings. The topological polar surface area (TPSA) is 20.3 Å². The van der Waals surface area contributed by atoms with Crippen molar-refractivity contribution in [2.24, 2.45) is 0 Å². The van der Waals surface area contributed by atoms with E-state index in [0.717, 1.165) is 31.0 Å². The lowest BCUT2D eigenvalue weighted by Crippen LogP contribution is -2.38. The zero-order valence-corrected chi connectivity index (χ0v) is 10.0. The van der Waals surface area contributed by atoms with Crippen molar-refractivity contribution >= 4 is 17.7 Å². The Morgan fingerprint density at radius 3 is 2.80 bits per heavy atom. The predicted molar refractivity (Wildman–Crippen MR) is 65.1 cm³/mol. The van der Waals surface area contributed by atoms with Crippen LogP contribution >= 0.6 is 11.8 Å². The average molecular weight is 225 g/mol. The summed E-state index contributed by atoms with van der Waals surface area (Å²) < 4.78 is 0. The van der Waals surface area contributed by atoms with E-state index < -0.39 is 0 Å². The van der Waals surface area contributed by atoms with Gasteiger partial charge in [0.05, 0.1) is 0 Å². The van der Waals surface area contributed by atoms with Crippen molar-refractivity contribution in [2.45, 2.75) is 32.1 Å². The minimum absolute atomic E-state index is 0.350. The second-order valence-corrected chi connectivity index (χ2v) is 5.50. The number of allylic oxidation sites excluding steroid dienone is 1. The molecule has 0 aromatic heterocycles. The maximum Gasteiger partial charge on any atom is 0.226 e. The summed E-state index contributed by atoms with van der Waals surface area (Å²) in [5.74, 6) is 2.58. The standard InChI is InChI=1S/C12H19NOS/c14-12(13-6-8-15-9-7-13)10-11-4-2-1-3-5-11/h4H,1-3,5-10H2. The average Bonchev–Trinajstić information content (AvgIpc) is 2.31. The summed E-state index contributed by atoms with van der Waals surface area (Å²) in [5.41, 5.74) is 1.38. The van der Waals surface area contributed by atoms with Crippen molar-refractivity contribution in [1.82, 2.24) is 4.90 Å². The smallest absolute Gasteiger partial charge is 0.226 e. The van der Waals surface area contributed by atoms with Crippen LogP contribution in [0.3, 0.4) is 0 Å². The van der Waals surface area contributed by atoms with Crippen LogP contribution in [-0.2, 0) is 4.79 Å². The summed E-state index contributed by atoms with van der Waals surface area (Å²) in [6.45, 7) is 1.91. The van der Waals surface area contributed by atoms with Crippen LogP contribution in [0.15, 0.2) is 11.6 Å². The molecule has 1 heterocycles. The Morgan fingerprint density at radius 1 is 1.33 bits per heavy atom. The van der Waals surface area contributed by atoms with Crippen molar-refractivity contribution in [3.05, 3.63) is 11.6 Å². The van der Waals surface area contributed by atoms with Crippen LogP contribution in [0.25, 0.3) is 0 Å². The van der Waals surface area contributed by atoms with E-state index in [1.165, 1.54) is 24.8 Å². The number of nitrogens with zero attached hydrogens (tertiary/aromatic N) is 1. The monoisotopic (exact) mass is 225 g/mol. The van der Waals surface area contributed by atoms with Gasteiger partial charge in [0.25, 0.3) is 0 Å². The summed E-state index contributed by atoms with van der Waals surface area (Å²) in [4.78, 5) is 14.0. The number of amides is 1. The Balaban J connectivity index is 1.82. The molecule has 0 aromatic carbocycles. The highest BCUT2D eigenvalue weighted by molar-refractivity contribution is 7.99. The molecule has 1 amide bonds. The van der Waals surface area contributed by atoms with E-state index in [0.29, 0.717) is 12.3 Å². The van der Waals surface area contributed by atoms with E-state index in [4.69, 9.17) is 0 Å². The first kappa shape index (κ1) is 11.1. The van der Waals surface area contributed by atoms with Crippen molar-refractivity contribution in [1.29, 1.82) is 0 Å². The molecule has 1 aliphatic carbocycles. The van der Waals surface area contributed by atoms with Crippen LogP contribution in [0, 0.1) is 0 Å². The summed E-state index contributed by atoms with van der Waals surface area (Å²) in [6, 6.07) is 0. The fraction of sp³-hybridized carbons (Fsp3) is 0.750. The number of rotatable bonds is 2. The summed E-state index contributed by atoms with van der Waals surface area (Å²) in [6.07, 6.45) is 7.87. The third-order valence-corrected chi connectivity index (χ3v) is 4.07. The molecule has 2 rings (SSSR count). The van der Waals surface area contributed by atoms with E-state index in [1.807, 2.05) is 16.7 Å². The number of hydrogen-bond donors (Lipinski definition) is 0. The largest absolute Gasteiger partial charge is 0.341 e. The first-order valence-electron chi connectivity index (χ1n) is 5.90. The lowest BCUT2D eigenvalue weighted by atomic mass is 9.97. The summed E-state index contributed by atoms with van der Waals surface area (Å²) in [7, 11) is 0. The van der Waals surface area contributed by atoms with Gasteiger partial charge >= 0.3 is 0 Å². The van der Waals surface area contributed by atoms with Crippen LogP contribution < -0.4 is 0 Å². The first-order chi connectivity index (χ1) is 7.36. The lowest BCUT2D eigenvalue weighted by molar-refractivity contribution is -0.130. The van der Waals surface area contributed by atoms with Gasteiger partial charge < -0.3 is 4.90 Å². The number of carbonyl (C=O) groups is 1. The minimum atomic E-state index is 0.350. The highest BCUT2D eigenvalue weighted by Crippen LogP contribution is 2.21. The van der Waals surface area contributed by atoms with Gasteiger partial charge in [-0.05, 0) is 25.7 Å². The molecule has 84 valence electrons. The molecule has 0 radical (unpaired) electrons. The molecular formula is C12H19NOS. The molecule has 2 nitrogen and oxygen atoms in total. The molecule has 1 saturated heterocycles. The van der Waals surface area contributed by atoms with E-state index >= 15 is 0 Å². The second kappa shape index (κ2) is 5.59. The molecule has 0 saturated carbocycles. The highest BCUT2D eigenvalue weighted by Gasteiger charge is 2.18. The fourth-order valence-electron chi connectivity index (χ4n) is 2.18. The predicted octanol–water partition coefficient (Wildman–Crippen LogP) is 2.45. The molecule has 0 N–H and O–H groups in total. The molecule has 0 atom stereocenters. The van der Waals surface area contributed by atoms with Gasteiger partial charge in [-0.15, -0.1) is 0 Å². The zero-order chi connectivity index (χ0) is 10.5. The van der Waals surface area contributed by atoms with Crippen molar-refractivity contribution < 1.29 is 4.79 Å². The number of hydrogen-bond acceptors (Lipinski definition) is 2. The van der Waals surface area contributed by atoms with Gasteiger partial charge in [-0.2, -0.15) is 11.8 Å². The molecule has 0 aromatic rings. The van der Waals surface area contributed by atoms with E-state index in [-0.39, 0.29) is 0 Å². The Hall–Kier alpha value is -0.440. The maximum absolute atomic E-state index is 11.9. The molecule has 0 spiro atoms. The molecule has 2 aliphatic rings. The van der Waals surface area contributed by atoms with Crippen molar-refractivity contribution in [3.63, 3.8) is 0 Å². The summed E-state index contributed by atoms with van der Waals surface area (Å²) in [5, 5.41) is 0. The van der Waals surface area contributed by atoms with Gasteiger partial charge in [0.2, 0.25) is 5.91 Å². The lowest BCUT2D eigenvalue weighted by Gasteiger charge is -2.27.